The Hall–Kier alpha value is -2.11. The first-order valence-electron chi connectivity index (χ1n) is 8.64. The number of benzene rings is 2. The molecule has 6 heteroatoms. The number of carbonyl (C=O) groups is 1. The van der Waals surface area contributed by atoms with Crippen LogP contribution in [-0.4, -0.2) is 36.0 Å². The Kier molecular flexibility index (Phi) is 4.83. The predicted molar refractivity (Wildman–Crippen MR) is 106 cm³/mol. The Morgan fingerprint density at radius 1 is 1.31 bits per heavy atom. The van der Waals surface area contributed by atoms with Gasteiger partial charge in [0.1, 0.15) is 5.75 Å². The molecule has 1 saturated heterocycles. The van der Waals surface area contributed by atoms with Crippen LogP contribution in [0.3, 0.4) is 0 Å². The van der Waals surface area contributed by atoms with Crippen LogP contribution in [0.25, 0.3) is 10.2 Å². The highest BCUT2D eigenvalue weighted by atomic mass is 35.5. The predicted octanol–water partition coefficient (Wildman–Crippen LogP) is 4.98. The number of amides is 1. The molecule has 4 rings (SSSR count). The van der Waals surface area contributed by atoms with Gasteiger partial charge in [0.25, 0.3) is 5.91 Å². The first-order chi connectivity index (χ1) is 12.7. The van der Waals surface area contributed by atoms with Crippen molar-refractivity contribution in [3.05, 3.63) is 58.1 Å². The summed E-state index contributed by atoms with van der Waals surface area (Å²) in [6.07, 6.45) is 2.02. The molecule has 2 aromatic carbocycles. The fourth-order valence-electron chi connectivity index (χ4n) is 3.45. The average Bonchev–Trinajstić information content (AvgIpc) is 3.12. The molecule has 0 spiro atoms. The monoisotopic (exact) mass is 386 g/mol. The molecule has 1 aliphatic rings. The van der Waals surface area contributed by atoms with Crippen LogP contribution in [0.15, 0.2) is 42.5 Å². The minimum absolute atomic E-state index is 0.0323. The number of halogens is 1. The minimum atomic E-state index is -0.0323. The van der Waals surface area contributed by atoms with Crippen LogP contribution in [0.5, 0.6) is 5.75 Å². The quantitative estimate of drug-likeness (QED) is 0.637. The van der Waals surface area contributed by atoms with Crippen molar-refractivity contribution in [3.8, 4) is 5.75 Å². The molecule has 2 heterocycles. The summed E-state index contributed by atoms with van der Waals surface area (Å²) in [7, 11) is 1.57. The molecular weight excluding hydrogens is 368 g/mol. The third-order valence-corrected chi connectivity index (χ3v) is 6.19. The van der Waals surface area contributed by atoms with Gasteiger partial charge in [0.05, 0.1) is 27.9 Å². The molecule has 0 radical (unpaired) electrons. The highest BCUT2D eigenvalue weighted by molar-refractivity contribution is 7.18. The van der Waals surface area contributed by atoms with Gasteiger partial charge < -0.3 is 9.64 Å². The van der Waals surface area contributed by atoms with E-state index >= 15 is 0 Å². The number of fused-ring (bicyclic) bond motifs is 1. The molecule has 1 atom stereocenters. The molecule has 0 aliphatic carbocycles. The molecule has 3 aromatic rings. The molecule has 4 nitrogen and oxygen atoms in total. The highest BCUT2D eigenvalue weighted by Crippen LogP contribution is 2.34. The maximum Gasteiger partial charge on any atom is 0.257 e. The topological polar surface area (TPSA) is 42.4 Å². The third-order valence-electron chi connectivity index (χ3n) is 4.76. The van der Waals surface area contributed by atoms with Crippen LogP contribution < -0.4 is 4.74 Å². The van der Waals surface area contributed by atoms with Crippen LogP contribution in [0.4, 0.5) is 0 Å². The third kappa shape index (κ3) is 3.29. The lowest BCUT2D eigenvalue weighted by atomic mass is 9.98. The minimum Gasteiger partial charge on any atom is -0.496 e. The molecule has 1 aromatic heterocycles. The van der Waals surface area contributed by atoms with Gasteiger partial charge in [0.15, 0.2) is 0 Å². The van der Waals surface area contributed by atoms with Gasteiger partial charge in [-0.3, -0.25) is 4.79 Å². The van der Waals surface area contributed by atoms with Crippen molar-refractivity contribution in [1.29, 1.82) is 0 Å². The normalized spacial score (nSPS) is 17.5. The number of hydrogen-bond acceptors (Lipinski definition) is 4. The van der Waals surface area contributed by atoms with E-state index in [1.165, 1.54) is 4.70 Å². The van der Waals surface area contributed by atoms with Crippen molar-refractivity contribution in [2.24, 2.45) is 0 Å². The van der Waals surface area contributed by atoms with Crippen LogP contribution in [0.2, 0.25) is 5.02 Å². The summed E-state index contributed by atoms with van der Waals surface area (Å²) < 4.78 is 6.54. The number of para-hydroxylation sites is 1. The van der Waals surface area contributed by atoms with Gasteiger partial charge in [-0.15, -0.1) is 11.3 Å². The number of thiazole rings is 1. The summed E-state index contributed by atoms with van der Waals surface area (Å²) in [5, 5.41) is 1.65. The molecule has 0 bridgehead atoms. The van der Waals surface area contributed by atoms with E-state index in [0.717, 1.165) is 29.9 Å². The van der Waals surface area contributed by atoms with Gasteiger partial charge in [-0.2, -0.15) is 0 Å². The Morgan fingerprint density at radius 3 is 2.96 bits per heavy atom. The Balaban J connectivity index is 1.58. The van der Waals surface area contributed by atoms with E-state index in [-0.39, 0.29) is 11.8 Å². The first kappa shape index (κ1) is 17.3. The average molecular weight is 387 g/mol. The zero-order valence-corrected chi connectivity index (χ0v) is 16.0. The molecule has 0 unspecified atom stereocenters. The summed E-state index contributed by atoms with van der Waals surface area (Å²) in [6, 6.07) is 13.3. The van der Waals surface area contributed by atoms with Crippen molar-refractivity contribution in [3.63, 3.8) is 0 Å². The number of methoxy groups -OCH3 is 1. The zero-order valence-electron chi connectivity index (χ0n) is 14.4. The van der Waals surface area contributed by atoms with Crippen LogP contribution in [0, 0.1) is 0 Å². The Bertz CT molecular complexity index is 923. The Morgan fingerprint density at radius 2 is 2.15 bits per heavy atom. The van der Waals surface area contributed by atoms with Gasteiger partial charge in [-0.1, -0.05) is 23.7 Å². The van der Waals surface area contributed by atoms with Crippen molar-refractivity contribution >= 4 is 39.1 Å². The number of carbonyl (C=O) groups excluding carboxylic acids is 1. The van der Waals surface area contributed by atoms with E-state index in [1.54, 1.807) is 36.6 Å². The number of nitrogens with zero attached hydrogens (tertiary/aromatic N) is 2. The second-order valence-corrected chi connectivity index (χ2v) is 7.95. The number of aromatic nitrogens is 1. The zero-order chi connectivity index (χ0) is 18.1. The van der Waals surface area contributed by atoms with Crippen molar-refractivity contribution in [2.45, 2.75) is 18.8 Å². The SMILES string of the molecule is COc1ccc(Cl)cc1C(=O)N1CCC[C@H](c2nc3ccccc3s2)C1. The molecule has 0 N–H and O–H groups in total. The Labute approximate surface area is 161 Å². The van der Waals surface area contributed by atoms with E-state index in [2.05, 4.69) is 6.07 Å². The second-order valence-electron chi connectivity index (χ2n) is 6.45. The van der Waals surface area contributed by atoms with Gasteiger partial charge in [-0.05, 0) is 43.2 Å². The van der Waals surface area contributed by atoms with Gasteiger partial charge in [0.2, 0.25) is 0 Å². The lowest BCUT2D eigenvalue weighted by Crippen LogP contribution is -2.39. The van der Waals surface area contributed by atoms with E-state index in [4.69, 9.17) is 21.3 Å². The number of rotatable bonds is 3. The van der Waals surface area contributed by atoms with Crippen LogP contribution in [0.1, 0.15) is 34.1 Å². The summed E-state index contributed by atoms with van der Waals surface area (Å²) in [5.74, 6) is 0.798. The van der Waals surface area contributed by atoms with Gasteiger partial charge in [0, 0.05) is 24.0 Å². The van der Waals surface area contributed by atoms with Gasteiger partial charge >= 0.3 is 0 Å². The van der Waals surface area contributed by atoms with E-state index in [0.29, 0.717) is 22.9 Å². The number of likely N-dealkylation sites (tertiary alicyclic amines) is 1. The van der Waals surface area contributed by atoms with E-state index in [9.17, 15) is 4.79 Å². The second kappa shape index (κ2) is 7.25. The molecule has 0 saturated carbocycles. The summed E-state index contributed by atoms with van der Waals surface area (Å²) in [6.45, 7) is 1.42. The molecule has 1 amide bonds. The van der Waals surface area contributed by atoms with Crippen LogP contribution >= 0.6 is 22.9 Å². The lowest BCUT2D eigenvalue weighted by Gasteiger charge is -2.32. The van der Waals surface area contributed by atoms with E-state index in [1.807, 2.05) is 23.1 Å². The summed E-state index contributed by atoms with van der Waals surface area (Å²) in [4.78, 5) is 19.7. The summed E-state index contributed by atoms with van der Waals surface area (Å²) >= 11 is 7.82. The van der Waals surface area contributed by atoms with Crippen molar-refractivity contribution < 1.29 is 9.53 Å². The largest absolute Gasteiger partial charge is 0.496 e. The maximum absolute atomic E-state index is 13.1. The molecule has 1 fully saturated rings. The van der Waals surface area contributed by atoms with Crippen molar-refractivity contribution in [1.82, 2.24) is 9.88 Å². The fourth-order valence-corrected chi connectivity index (χ4v) is 4.71. The standard InChI is InChI=1S/C20H19ClN2O2S/c1-25-17-9-8-14(21)11-15(17)20(24)23-10-4-5-13(12-23)19-22-16-6-2-3-7-18(16)26-19/h2-3,6-9,11,13H,4-5,10,12H2,1H3/t13-/m0/s1. The highest BCUT2D eigenvalue weighted by Gasteiger charge is 2.29. The fraction of sp³-hybridized carbons (Fsp3) is 0.300. The van der Waals surface area contributed by atoms with E-state index < -0.39 is 0 Å². The maximum atomic E-state index is 13.1. The molecule has 134 valence electrons. The smallest absolute Gasteiger partial charge is 0.257 e. The van der Waals surface area contributed by atoms with Crippen molar-refractivity contribution in [2.75, 3.05) is 20.2 Å². The molecule has 1 aliphatic heterocycles. The molecular formula is C20H19ClN2O2S. The number of piperidine rings is 1. The summed E-state index contributed by atoms with van der Waals surface area (Å²) in [5.41, 5.74) is 1.55. The van der Waals surface area contributed by atoms with Gasteiger partial charge in [-0.25, -0.2) is 4.98 Å². The molecule has 26 heavy (non-hydrogen) atoms. The van der Waals surface area contributed by atoms with Crippen LogP contribution in [-0.2, 0) is 0 Å². The number of ether oxygens (including phenoxy) is 1. The first-order valence-corrected chi connectivity index (χ1v) is 9.83. The lowest BCUT2D eigenvalue weighted by molar-refractivity contribution is 0.0703. The number of hydrogen-bond donors (Lipinski definition) is 0.